The highest BCUT2D eigenvalue weighted by molar-refractivity contribution is 6.41. The Morgan fingerprint density at radius 3 is 2.60 bits per heavy atom. The second kappa shape index (κ2) is 4.72. The molecule has 0 aliphatic carbocycles. The van der Waals surface area contributed by atoms with Gasteiger partial charge in [-0.1, -0.05) is 23.2 Å². The fraction of sp³-hybridized carbons (Fsp3) is 0.250. The number of carboxylic acid groups (broad SMARTS) is 1. The number of nitrogens with zero attached hydrogens (tertiary/aromatic N) is 1. The molecule has 0 unspecified atom stereocenters. The molecule has 15 heavy (non-hydrogen) atoms. The van der Waals surface area contributed by atoms with Gasteiger partial charge < -0.3 is 5.11 Å². The first-order valence-electron chi connectivity index (χ1n) is 3.76. The van der Waals surface area contributed by atoms with Crippen LogP contribution in [0.1, 0.15) is 17.6 Å². The van der Waals surface area contributed by atoms with Gasteiger partial charge in [-0.05, 0) is 5.56 Å². The molecule has 0 aliphatic heterocycles. The van der Waals surface area contributed by atoms with E-state index in [9.17, 15) is 13.6 Å². The Morgan fingerprint density at radius 2 is 2.13 bits per heavy atom. The molecule has 0 atom stereocenters. The lowest BCUT2D eigenvalue weighted by Gasteiger charge is -2.09. The van der Waals surface area contributed by atoms with E-state index in [0.717, 1.165) is 6.20 Å². The average Bonchev–Trinajstić information content (AvgIpc) is 2.10. The van der Waals surface area contributed by atoms with E-state index in [1.54, 1.807) is 0 Å². The van der Waals surface area contributed by atoms with Crippen molar-refractivity contribution in [3.05, 3.63) is 27.5 Å². The minimum atomic E-state index is -2.88. The van der Waals surface area contributed by atoms with Crippen LogP contribution >= 0.6 is 23.2 Å². The molecule has 1 aromatic heterocycles. The van der Waals surface area contributed by atoms with Crippen LogP contribution in [0.25, 0.3) is 0 Å². The highest BCUT2D eigenvalue weighted by atomic mass is 35.5. The van der Waals surface area contributed by atoms with E-state index in [2.05, 4.69) is 4.98 Å². The lowest BCUT2D eigenvalue weighted by molar-refractivity contribution is -0.136. The van der Waals surface area contributed by atoms with Crippen molar-refractivity contribution in [3.63, 3.8) is 0 Å². The van der Waals surface area contributed by atoms with Gasteiger partial charge in [0.1, 0.15) is 5.15 Å². The monoisotopic (exact) mass is 255 g/mol. The summed E-state index contributed by atoms with van der Waals surface area (Å²) in [6.45, 7) is 0. The summed E-state index contributed by atoms with van der Waals surface area (Å²) < 4.78 is 25.1. The topological polar surface area (TPSA) is 50.2 Å². The van der Waals surface area contributed by atoms with Crippen molar-refractivity contribution in [2.24, 2.45) is 0 Å². The maximum atomic E-state index is 12.6. The van der Waals surface area contributed by atoms with Crippen LogP contribution in [0.2, 0.25) is 10.2 Å². The molecular formula is C8H5Cl2F2NO2. The summed E-state index contributed by atoms with van der Waals surface area (Å²) in [5, 5.41) is 7.82. The Kier molecular flexibility index (Phi) is 3.82. The molecule has 0 fully saturated rings. The number of aliphatic carboxylic acids is 1. The zero-order chi connectivity index (χ0) is 11.6. The molecule has 3 nitrogen and oxygen atoms in total. The second-order valence-electron chi connectivity index (χ2n) is 2.67. The van der Waals surface area contributed by atoms with Gasteiger partial charge in [-0.25, -0.2) is 13.8 Å². The predicted octanol–water partition coefficient (Wildman–Crippen LogP) is 2.95. The van der Waals surface area contributed by atoms with E-state index in [1.165, 1.54) is 0 Å². The van der Waals surface area contributed by atoms with Crippen LogP contribution in [0.3, 0.4) is 0 Å². The van der Waals surface area contributed by atoms with Gasteiger partial charge in [-0.2, -0.15) is 0 Å². The summed E-state index contributed by atoms with van der Waals surface area (Å²) in [6.07, 6.45) is -2.46. The second-order valence-corrected chi connectivity index (χ2v) is 3.41. The van der Waals surface area contributed by atoms with Crippen molar-refractivity contribution >= 4 is 29.2 Å². The fourth-order valence-corrected chi connectivity index (χ4v) is 1.46. The maximum Gasteiger partial charge on any atom is 0.307 e. The zero-order valence-electron chi connectivity index (χ0n) is 7.18. The van der Waals surface area contributed by atoms with Gasteiger partial charge >= 0.3 is 5.97 Å². The van der Waals surface area contributed by atoms with Gasteiger partial charge in [0.25, 0.3) is 6.43 Å². The molecular weight excluding hydrogens is 251 g/mol. The van der Waals surface area contributed by atoms with Crippen molar-refractivity contribution in [1.82, 2.24) is 4.98 Å². The third kappa shape index (κ3) is 2.76. The van der Waals surface area contributed by atoms with E-state index in [1.807, 2.05) is 0 Å². The molecule has 0 spiro atoms. The first-order valence-corrected chi connectivity index (χ1v) is 4.51. The van der Waals surface area contributed by atoms with Gasteiger partial charge in [0.05, 0.1) is 11.4 Å². The predicted molar refractivity (Wildman–Crippen MR) is 50.6 cm³/mol. The number of carboxylic acids is 1. The standard InChI is InChI=1S/C8H5Cl2F2NO2/c9-6-5(8(11)12)3(1-4(14)15)2-13-7(6)10/h2,8H,1H2,(H,14,15). The van der Waals surface area contributed by atoms with Crippen molar-refractivity contribution in [1.29, 1.82) is 0 Å². The van der Waals surface area contributed by atoms with Crippen molar-refractivity contribution in [2.45, 2.75) is 12.8 Å². The van der Waals surface area contributed by atoms with Crippen LogP contribution in [0.5, 0.6) is 0 Å². The van der Waals surface area contributed by atoms with E-state index in [4.69, 9.17) is 28.3 Å². The molecule has 0 saturated carbocycles. The van der Waals surface area contributed by atoms with E-state index >= 15 is 0 Å². The summed E-state index contributed by atoms with van der Waals surface area (Å²) in [4.78, 5) is 13.9. The maximum absolute atomic E-state index is 12.6. The minimum Gasteiger partial charge on any atom is -0.481 e. The van der Waals surface area contributed by atoms with Crippen LogP contribution in [-0.4, -0.2) is 16.1 Å². The first kappa shape index (κ1) is 12.1. The van der Waals surface area contributed by atoms with Gasteiger partial charge in [-0.3, -0.25) is 4.79 Å². The quantitative estimate of drug-likeness (QED) is 0.846. The lowest BCUT2D eigenvalue weighted by Crippen LogP contribution is -2.05. The SMILES string of the molecule is O=C(O)Cc1cnc(Cl)c(Cl)c1C(F)F. The zero-order valence-corrected chi connectivity index (χ0v) is 8.69. The molecule has 0 amide bonds. The Hall–Kier alpha value is -0.940. The third-order valence-electron chi connectivity index (χ3n) is 1.66. The number of rotatable bonds is 3. The van der Waals surface area contributed by atoms with E-state index in [0.29, 0.717) is 0 Å². The Balaban J connectivity index is 3.26. The molecule has 0 aromatic carbocycles. The summed E-state index contributed by atoms with van der Waals surface area (Å²) in [5.41, 5.74) is -0.703. The normalized spacial score (nSPS) is 10.7. The average molecular weight is 256 g/mol. The number of halogens is 4. The van der Waals surface area contributed by atoms with E-state index in [-0.39, 0.29) is 10.7 Å². The molecule has 82 valence electrons. The van der Waals surface area contributed by atoms with Crippen molar-refractivity contribution < 1.29 is 18.7 Å². The van der Waals surface area contributed by atoms with Crippen molar-refractivity contribution in [3.8, 4) is 0 Å². The lowest BCUT2D eigenvalue weighted by atomic mass is 10.1. The Morgan fingerprint density at radius 1 is 1.53 bits per heavy atom. The van der Waals surface area contributed by atoms with E-state index < -0.39 is 29.4 Å². The fourth-order valence-electron chi connectivity index (χ4n) is 1.05. The van der Waals surface area contributed by atoms with Gasteiger partial charge in [0.2, 0.25) is 0 Å². The first-order chi connectivity index (χ1) is 6.93. The largest absolute Gasteiger partial charge is 0.481 e. The van der Waals surface area contributed by atoms with Gasteiger partial charge in [0, 0.05) is 11.8 Å². The number of hydrogen-bond acceptors (Lipinski definition) is 2. The molecule has 0 saturated heterocycles. The van der Waals surface area contributed by atoms with Crippen LogP contribution in [0.4, 0.5) is 8.78 Å². The number of alkyl halides is 2. The Labute approximate surface area is 93.6 Å². The van der Waals surface area contributed by atoms with Crippen LogP contribution < -0.4 is 0 Å². The third-order valence-corrected chi connectivity index (χ3v) is 2.42. The van der Waals surface area contributed by atoms with Crippen molar-refractivity contribution in [2.75, 3.05) is 0 Å². The molecule has 1 heterocycles. The number of pyridine rings is 1. The number of carbonyl (C=O) groups is 1. The highest BCUT2D eigenvalue weighted by Gasteiger charge is 2.21. The van der Waals surface area contributed by atoms with Crippen LogP contribution in [0, 0.1) is 0 Å². The molecule has 0 aliphatic rings. The number of aromatic nitrogens is 1. The van der Waals surface area contributed by atoms with Gasteiger partial charge in [0.15, 0.2) is 0 Å². The highest BCUT2D eigenvalue weighted by Crippen LogP contribution is 2.34. The smallest absolute Gasteiger partial charge is 0.307 e. The van der Waals surface area contributed by atoms with Crippen LogP contribution in [0.15, 0.2) is 6.20 Å². The minimum absolute atomic E-state index is 0.132. The molecule has 1 rings (SSSR count). The molecule has 0 radical (unpaired) electrons. The summed E-state index contributed by atoms with van der Waals surface area (Å²) in [6, 6.07) is 0. The molecule has 1 N–H and O–H groups in total. The van der Waals surface area contributed by atoms with Crippen LogP contribution in [-0.2, 0) is 11.2 Å². The summed E-state index contributed by atoms with van der Waals surface area (Å²) in [5.74, 6) is -1.24. The van der Waals surface area contributed by atoms with Gasteiger partial charge in [-0.15, -0.1) is 0 Å². The molecule has 0 bridgehead atoms. The Bertz CT molecular complexity index is 398. The number of hydrogen-bond donors (Lipinski definition) is 1. The molecule has 1 aromatic rings. The molecule has 7 heteroatoms. The summed E-state index contributed by atoms with van der Waals surface area (Å²) >= 11 is 11.0. The summed E-state index contributed by atoms with van der Waals surface area (Å²) in [7, 11) is 0.